The minimum absolute atomic E-state index is 0.288. The van der Waals surface area contributed by atoms with E-state index in [0.717, 1.165) is 0 Å². The second-order valence-corrected chi connectivity index (χ2v) is 10.3. The standard InChI is InChI=1S/C28H20ClNO4S/c29-24-16-7-8-17-25(24)30-27(31)26(35(32,33)28(30)21-11-3-1-4-12-21)19-20-10-9-15-23(18-20)34-22-13-5-2-6-14-22/h1-19,28H/b26-19+. The molecule has 1 aliphatic heterocycles. The Balaban J connectivity index is 1.60. The zero-order chi connectivity index (χ0) is 24.4. The van der Waals surface area contributed by atoms with Crippen molar-refractivity contribution < 1.29 is 17.9 Å². The van der Waals surface area contributed by atoms with Gasteiger partial charge in [-0.05, 0) is 53.6 Å². The molecule has 35 heavy (non-hydrogen) atoms. The molecule has 1 unspecified atom stereocenters. The molecule has 1 aliphatic rings. The van der Waals surface area contributed by atoms with Crippen LogP contribution in [0, 0.1) is 0 Å². The molecule has 174 valence electrons. The van der Waals surface area contributed by atoms with Gasteiger partial charge in [-0.1, -0.05) is 84.4 Å². The first-order valence-corrected chi connectivity index (χ1v) is 12.8. The lowest BCUT2D eigenvalue weighted by atomic mass is 10.1. The van der Waals surface area contributed by atoms with E-state index in [4.69, 9.17) is 16.3 Å². The third kappa shape index (κ3) is 4.46. The molecular formula is C28H20ClNO4S. The average Bonchev–Trinajstić information content (AvgIpc) is 3.06. The summed E-state index contributed by atoms with van der Waals surface area (Å²) >= 11 is 6.40. The number of sulfone groups is 1. The van der Waals surface area contributed by atoms with E-state index in [-0.39, 0.29) is 9.93 Å². The summed E-state index contributed by atoms with van der Waals surface area (Å²) in [5, 5.41) is -0.942. The number of carbonyl (C=O) groups excluding carboxylic acids is 1. The minimum Gasteiger partial charge on any atom is -0.457 e. The van der Waals surface area contributed by atoms with E-state index in [0.29, 0.717) is 28.3 Å². The molecular weight excluding hydrogens is 482 g/mol. The van der Waals surface area contributed by atoms with Crippen molar-refractivity contribution in [1.29, 1.82) is 0 Å². The molecule has 1 fully saturated rings. The van der Waals surface area contributed by atoms with Crippen LogP contribution in [0.4, 0.5) is 5.69 Å². The van der Waals surface area contributed by atoms with Crippen molar-refractivity contribution >= 4 is 39.1 Å². The third-order valence-corrected chi connectivity index (χ3v) is 7.89. The van der Waals surface area contributed by atoms with E-state index in [2.05, 4.69) is 0 Å². The first-order chi connectivity index (χ1) is 16.9. The maximum Gasteiger partial charge on any atom is 0.271 e. The van der Waals surface area contributed by atoms with Crippen LogP contribution >= 0.6 is 11.6 Å². The van der Waals surface area contributed by atoms with Crippen LogP contribution in [-0.4, -0.2) is 14.3 Å². The molecule has 0 N–H and O–H groups in total. The summed E-state index contributed by atoms with van der Waals surface area (Å²) in [7, 11) is -4.08. The van der Waals surface area contributed by atoms with Crippen molar-refractivity contribution in [3.8, 4) is 11.5 Å². The minimum atomic E-state index is -4.08. The lowest BCUT2D eigenvalue weighted by Gasteiger charge is -2.24. The van der Waals surface area contributed by atoms with Gasteiger partial charge in [-0.2, -0.15) is 0 Å². The molecule has 0 radical (unpaired) electrons. The van der Waals surface area contributed by atoms with Crippen LogP contribution in [0.1, 0.15) is 16.5 Å². The number of nitrogens with zero attached hydrogens (tertiary/aromatic N) is 1. The second-order valence-electron chi connectivity index (χ2n) is 7.93. The van der Waals surface area contributed by atoms with Gasteiger partial charge in [0.15, 0.2) is 5.37 Å². The monoisotopic (exact) mass is 501 g/mol. The highest BCUT2D eigenvalue weighted by Crippen LogP contribution is 2.45. The van der Waals surface area contributed by atoms with Gasteiger partial charge in [0.1, 0.15) is 16.4 Å². The van der Waals surface area contributed by atoms with Crippen LogP contribution in [0.15, 0.2) is 114 Å². The Hall–Kier alpha value is -3.87. The number of hydrogen-bond acceptors (Lipinski definition) is 4. The van der Waals surface area contributed by atoms with Crippen LogP contribution in [0.25, 0.3) is 6.08 Å². The average molecular weight is 502 g/mol. The van der Waals surface area contributed by atoms with Gasteiger partial charge in [0.05, 0.1) is 10.7 Å². The number of ether oxygens (including phenoxy) is 1. The highest BCUT2D eigenvalue weighted by molar-refractivity contribution is 7.97. The Kier molecular flexibility index (Phi) is 6.16. The van der Waals surface area contributed by atoms with Gasteiger partial charge >= 0.3 is 0 Å². The molecule has 1 heterocycles. The summed E-state index contributed by atoms with van der Waals surface area (Å²) in [5.41, 5.74) is 1.34. The number of hydrogen-bond donors (Lipinski definition) is 0. The molecule has 5 nitrogen and oxygen atoms in total. The fraction of sp³-hybridized carbons (Fsp3) is 0.0357. The molecule has 0 spiro atoms. The molecule has 5 rings (SSSR count). The largest absolute Gasteiger partial charge is 0.457 e. The predicted octanol–water partition coefficient (Wildman–Crippen LogP) is 6.63. The normalized spacial score (nSPS) is 18.1. The number of para-hydroxylation sites is 2. The van der Waals surface area contributed by atoms with E-state index in [1.54, 1.807) is 78.9 Å². The summed E-state index contributed by atoms with van der Waals surface area (Å²) in [6, 6.07) is 31.6. The van der Waals surface area contributed by atoms with Gasteiger partial charge in [-0.25, -0.2) is 8.42 Å². The molecule has 1 amide bonds. The topological polar surface area (TPSA) is 63.7 Å². The molecule has 1 atom stereocenters. The number of amides is 1. The Labute approximate surface area is 208 Å². The summed E-state index contributed by atoms with van der Waals surface area (Å²) in [6.07, 6.45) is 1.39. The van der Waals surface area contributed by atoms with Crippen LogP contribution in [0.5, 0.6) is 11.5 Å². The summed E-state index contributed by atoms with van der Waals surface area (Å²) in [5.74, 6) is 0.535. The zero-order valence-electron chi connectivity index (χ0n) is 18.4. The fourth-order valence-corrected chi connectivity index (χ4v) is 6.13. The molecule has 4 aromatic carbocycles. The van der Waals surface area contributed by atoms with Crippen LogP contribution in [0.2, 0.25) is 5.02 Å². The van der Waals surface area contributed by atoms with E-state index in [1.807, 2.05) is 30.3 Å². The SMILES string of the molecule is O=C1/C(=C\c2cccc(Oc3ccccc3)c2)S(=O)(=O)C(c2ccccc2)N1c1ccccc1Cl. The molecule has 0 bridgehead atoms. The van der Waals surface area contributed by atoms with Gasteiger partial charge in [-0.3, -0.25) is 9.69 Å². The molecule has 0 saturated carbocycles. The van der Waals surface area contributed by atoms with Gasteiger partial charge in [0, 0.05) is 0 Å². The summed E-state index contributed by atoms with van der Waals surface area (Å²) in [4.78, 5) is 14.6. The predicted molar refractivity (Wildman–Crippen MR) is 138 cm³/mol. The summed E-state index contributed by atoms with van der Waals surface area (Å²) in [6.45, 7) is 0. The smallest absolute Gasteiger partial charge is 0.271 e. The van der Waals surface area contributed by atoms with Crippen molar-refractivity contribution in [2.24, 2.45) is 0 Å². The number of benzene rings is 4. The fourth-order valence-electron chi connectivity index (χ4n) is 4.02. The molecule has 4 aromatic rings. The number of rotatable bonds is 5. The van der Waals surface area contributed by atoms with Gasteiger partial charge < -0.3 is 4.74 Å². The number of halogens is 1. The Bertz CT molecular complexity index is 1520. The molecule has 7 heteroatoms. The first-order valence-electron chi connectivity index (χ1n) is 10.9. The first kappa shape index (κ1) is 22.9. The van der Waals surface area contributed by atoms with Crippen LogP contribution in [-0.2, 0) is 14.6 Å². The quantitative estimate of drug-likeness (QED) is 0.288. The van der Waals surface area contributed by atoms with Crippen molar-refractivity contribution in [3.63, 3.8) is 0 Å². The van der Waals surface area contributed by atoms with E-state index < -0.39 is 21.1 Å². The van der Waals surface area contributed by atoms with Crippen LogP contribution < -0.4 is 9.64 Å². The van der Waals surface area contributed by atoms with Crippen molar-refractivity contribution in [2.45, 2.75) is 5.37 Å². The summed E-state index contributed by atoms with van der Waals surface area (Å²) < 4.78 is 33.4. The lowest BCUT2D eigenvalue weighted by molar-refractivity contribution is -0.114. The Morgan fingerprint density at radius 3 is 2.11 bits per heavy atom. The molecule has 0 aliphatic carbocycles. The molecule has 0 aromatic heterocycles. The number of anilines is 1. The third-order valence-electron chi connectivity index (χ3n) is 5.60. The van der Waals surface area contributed by atoms with Gasteiger partial charge in [0.25, 0.3) is 5.91 Å². The van der Waals surface area contributed by atoms with Crippen LogP contribution in [0.3, 0.4) is 0 Å². The maximum absolute atomic E-state index is 13.8. The van der Waals surface area contributed by atoms with Crippen molar-refractivity contribution in [2.75, 3.05) is 4.90 Å². The van der Waals surface area contributed by atoms with E-state index in [9.17, 15) is 13.2 Å². The molecule has 1 saturated heterocycles. The highest BCUT2D eigenvalue weighted by atomic mass is 35.5. The van der Waals surface area contributed by atoms with E-state index >= 15 is 0 Å². The Morgan fingerprint density at radius 2 is 1.40 bits per heavy atom. The number of carbonyl (C=O) groups is 1. The van der Waals surface area contributed by atoms with Gasteiger partial charge in [-0.15, -0.1) is 0 Å². The highest BCUT2D eigenvalue weighted by Gasteiger charge is 2.50. The maximum atomic E-state index is 13.8. The zero-order valence-corrected chi connectivity index (χ0v) is 20.0. The second kappa shape index (κ2) is 9.41. The van der Waals surface area contributed by atoms with Crippen molar-refractivity contribution in [1.82, 2.24) is 0 Å². The van der Waals surface area contributed by atoms with E-state index in [1.165, 1.54) is 11.0 Å². The Morgan fingerprint density at radius 1 is 0.771 bits per heavy atom. The van der Waals surface area contributed by atoms with Crippen molar-refractivity contribution in [3.05, 3.63) is 130 Å². The van der Waals surface area contributed by atoms with Gasteiger partial charge in [0.2, 0.25) is 9.84 Å². The lowest BCUT2D eigenvalue weighted by Crippen LogP contribution is -2.29.